The molecule has 0 saturated heterocycles. The summed E-state index contributed by atoms with van der Waals surface area (Å²) >= 11 is 2.16. The molecule has 0 aliphatic heterocycles. The number of hydrogen-bond acceptors (Lipinski definition) is 7. The van der Waals surface area contributed by atoms with Crippen LogP contribution in [0.15, 0.2) is 23.3 Å². The number of aryl methyl sites for hydroxylation is 1. The molecule has 2 rings (SSSR count). The highest BCUT2D eigenvalue weighted by atomic mass is 127. The molecule has 0 atom stereocenters. The van der Waals surface area contributed by atoms with Gasteiger partial charge in [0.15, 0.2) is 17.3 Å². The number of halogens is 1. The van der Waals surface area contributed by atoms with Gasteiger partial charge in [-0.15, -0.1) is 6.42 Å². The maximum atomic E-state index is 9.48. The van der Waals surface area contributed by atoms with Gasteiger partial charge in [-0.05, 0) is 60.2 Å². The van der Waals surface area contributed by atoms with E-state index in [1.807, 2.05) is 32.0 Å². The summed E-state index contributed by atoms with van der Waals surface area (Å²) in [7, 11) is 1.58. The molecule has 0 fully saturated rings. The first kappa shape index (κ1) is 22.5. The van der Waals surface area contributed by atoms with Crippen LogP contribution in [0.5, 0.6) is 11.5 Å². The molecule has 0 radical (unpaired) electrons. The highest BCUT2D eigenvalue weighted by Crippen LogP contribution is 2.34. The summed E-state index contributed by atoms with van der Waals surface area (Å²) in [6.45, 7) is 4.71. The van der Waals surface area contributed by atoms with Gasteiger partial charge in [0.2, 0.25) is 0 Å². The van der Waals surface area contributed by atoms with Crippen molar-refractivity contribution in [2.75, 3.05) is 25.7 Å². The van der Waals surface area contributed by atoms with Gasteiger partial charge >= 0.3 is 0 Å². The monoisotopic (exact) mass is 504 g/mol. The Kier molecular flexibility index (Phi) is 8.71. The molecule has 0 saturated carbocycles. The van der Waals surface area contributed by atoms with Gasteiger partial charge in [0.25, 0.3) is 0 Å². The first-order chi connectivity index (χ1) is 14.0. The van der Waals surface area contributed by atoms with Crippen molar-refractivity contribution in [1.82, 2.24) is 4.98 Å². The third kappa shape index (κ3) is 6.08. The Balaban J connectivity index is 2.29. The average Bonchev–Trinajstić information content (AvgIpc) is 2.68. The van der Waals surface area contributed by atoms with Gasteiger partial charge in [-0.1, -0.05) is 5.92 Å². The van der Waals surface area contributed by atoms with Crippen LogP contribution < -0.4 is 14.9 Å². The number of nitrogens with one attached hydrogen (secondary N) is 1. The number of nitriles is 1. The van der Waals surface area contributed by atoms with E-state index in [0.717, 1.165) is 20.4 Å². The van der Waals surface area contributed by atoms with E-state index >= 15 is 0 Å². The molecule has 1 heterocycles. The Labute approximate surface area is 184 Å². The quantitative estimate of drug-likeness (QED) is 0.242. The van der Waals surface area contributed by atoms with Crippen molar-refractivity contribution in [3.05, 3.63) is 44.2 Å². The van der Waals surface area contributed by atoms with Crippen molar-refractivity contribution in [1.29, 1.82) is 5.26 Å². The fourth-order valence-electron chi connectivity index (χ4n) is 2.56. The molecule has 7 nitrogen and oxygen atoms in total. The minimum Gasteiger partial charge on any atom is -0.490 e. The molecule has 0 bridgehead atoms. The SMILES string of the molecule is C#CCOc1c(I)cc(/C=N/Nc2nc(C)cc(COC)c2C#N)cc1OCC. The maximum absolute atomic E-state index is 9.48. The van der Waals surface area contributed by atoms with Crippen molar-refractivity contribution >= 4 is 34.6 Å². The first-order valence-electron chi connectivity index (χ1n) is 8.75. The first-order valence-corrected chi connectivity index (χ1v) is 9.83. The molecule has 2 aromatic rings. The number of benzene rings is 1. The molecular weight excluding hydrogens is 483 g/mol. The van der Waals surface area contributed by atoms with Crippen LogP contribution in [-0.2, 0) is 11.3 Å². The van der Waals surface area contributed by atoms with Crippen LogP contribution in [-0.4, -0.2) is 31.5 Å². The molecule has 8 heteroatoms. The van der Waals surface area contributed by atoms with Gasteiger partial charge in [-0.2, -0.15) is 10.4 Å². The van der Waals surface area contributed by atoms with E-state index in [1.165, 1.54) is 0 Å². The van der Waals surface area contributed by atoms with Crippen molar-refractivity contribution in [2.45, 2.75) is 20.5 Å². The molecule has 0 spiro atoms. The number of ether oxygens (including phenoxy) is 3. The zero-order valence-electron chi connectivity index (χ0n) is 16.5. The third-order valence-electron chi connectivity index (χ3n) is 3.66. The van der Waals surface area contributed by atoms with E-state index < -0.39 is 0 Å². The minimum absolute atomic E-state index is 0.158. The smallest absolute Gasteiger partial charge is 0.175 e. The Hall–Kier alpha value is -2.82. The van der Waals surface area contributed by atoms with Gasteiger partial charge in [0.05, 0.1) is 23.0 Å². The number of anilines is 1. The van der Waals surface area contributed by atoms with Crippen molar-refractivity contribution in [3.63, 3.8) is 0 Å². The van der Waals surface area contributed by atoms with Crippen LogP contribution in [0, 0.1) is 34.2 Å². The normalized spacial score (nSPS) is 10.4. The van der Waals surface area contributed by atoms with E-state index in [9.17, 15) is 5.26 Å². The number of nitrogens with zero attached hydrogens (tertiary/aromatic N) is 3. The lowest BCUT2D eigenvalue weighted by Gasteiger charge is -2.13. The lowest BCUT2D eigenvalue weighted by atomic mass is 10.1. The molecule has 0 aliphatic rings. The van der Waals surface area contributed by atoms with E-state index in [0.29, 0.717) is 36.1 Å². The van der Waals surface area contributed by atoms with Crippen LogP contribution in [0.4, 0.5) is 5.82 Å². The zero-order chi connectivity index (χ0) is 21.2. The molecule has 0 aliphatic carbocycles. The van der Waals surface area contributed by atoms with E-state index in [-0.39, 0.29) is 6.61 Å². The fourth-order valence-corrected chi connectivity index (χ4v) is 3.34. The molecular formula is C21H21IN4O3. The lowest BCUT2D eigenvalue weighted by Crippen LogP contribution is -2.04. The van der Waals surface area contributed by atoms with Crippen LogP contribution >= 0.6 is 22.6 Å². The van der Waals surface area contributed by atoms with Crippen LogP contribution in [0.1, 0.15) is 29.3 Å². The van der Waals surface area contributed by atoms with E-state index in [1.54, 1.807) is 13.3 Å². The largest absolute Gasteiger partial charge is 0.490 e. The van der Waals surface area contributed by atoms with Gasteiger partial charge < -0.3 is 14.2 Å². The Morgan fingerprint density at radius 1 is 1.34 bits per heavy atom. The molecule has 1 aromatic carbocycles. The second-order valence-corrected chi connectivity index (χ2v) is 6.98. The summed E-state index contributed by atoms with van der Waals surface area (Å²) < 4.78 is 17.3. The molecule has 1 aromatic heterocycles. The highest BCUT2D eigenvalue weighted by molar-refractivity contribution is 14.1. The number of terminal acetylenes is 1. The van der Waals surface area contributed by atoms with Crippen LogP contribution in [0.25, 0.3) is 0 Å². The standard InChI is InChI=1S/C21H21IN4O3/c1-5-7-29-20-18(22)9-15(10-19(20)28-6-2)12-24-26-21-17(11-23)16(13-27-4)8-14(3)25-21/h1,8-10,12H,6-7,13H2,2-4H3,(H,25,26)/b24-12+. The Bertz CT molecular complexity index is 977. The van der Waals surface area contributed by atoms with E-state index in [4.69, 9.17) is 20.6 Å². The van der Waals surface area contributed by atoms with Crippen molar-refractivity contribution in [2.24, 2.45) is 5.10 Å². The predicted molar refractivity (Wildman–Crippen MR) is 120 cm³/mol. The van der Waals surface area contributed by atoms with Gasteiger partial charge in [-0.25, -0.2) is 4.98 Å². The fraction of sp³-hybridized carbons (Fsp3) is 0.286. The Morgan fingerprint density at radius 2 is 2.14 bits per heavy atom. The predicted octanol–water partition coefficient (Wildman–Crippen LogP) is 3.87. The number of methoxy groups -OCH3 is 1. The van der Waals surface area contributed by atoms with Crippen molar-refractivity contribution in [3.8, 4) is 29.9 Å². The van der Waals surface area contributed by atoms with Gasteiger partial charge in [0, 0.05) is 18.4 Å². The number of rotatable bonds is 9. The second-order valence-electron chi connectivity index (χ2n) is 5.82. The number of hydrazone groups is 1. The average molecular weight is 504 g/mol. The molecule has 1 N–H and O–H groups in total. The highest BCUT2D eigenvalue weighted by Gasteiger charge is 2.13. The zero-order valence-corrected chi connectivity index (χ0v) is 18.6. The summed E-state index contributed by atoms with van der Waals surface area (Å²) in [5.74, 6) is 4.02. The summed E-state index contributed by atoms with van der Waals surface area (Å²) in [5, 5.41) is 13.7. The number of pyridine rings is 1. The lowest BCUT2D eigenvalue weighted by molar-refractivity contribution is 0.184. The van der Waals surface area contributed by atoms with E-state index in [2.05, 4.69) is 50.1 Å². The molecule has 0 unspecified atom stereocenters. The number of aromatic nitrogens is 1. The van der Waals surface area contributed by atoms with Gasteiger partial charge in [0.1, 0.15) is 18.2 Å². The third-order valence-corrected chi connectivity index (χ3v) is 4.46. The summed E-state index contributed by atoms with van der Waals surface area (Å²) in [6.07, 6.45) is 6.90. The second kappa shape index (κ2) is 11.2. The van der Waals surface area contributed by atoms with Crippen LogP contribution in [0.3, 0.4) is 0 Å². The maximum Gasteiger partial charge on any atom is 0.175 e. The van der Waals surface area contributed by atoms with Crippen LogP contribution in [0.2, 0.25) is 0 Å². The minimum atomic E-state index is 0.158. The van der Waals surface area contributed by atoms with Gasteiger partial charge in [-0.3, -0.25) is 5.43 Å². The number of hydrogen-bond donors (Lipinski definition) is 1. The Morgan fingerprint density at radius 3 is 2.79 bits per heavy atom. The summed E-state index contributed by atoms with van der Waals surface area (Å²) in [6, 6.07) is 7.68. The molecule has 150 valence electrons. The molecule has 29 heavy (non-hydrogen) atoms. The topological polar surface area (TPSA) is 88.8 Å². The molecule has 0 amide bonds. The summed E-state index contributed by atoms with van der Waals surface area (Å²) in [4.78, 5) is 4.36. The summed E-state index contributed by atoms with van der Waals surface area (Å²) in [5.41, 5.74) is 5.56. The van der Waals surface area contributed by atoms with Crippen molar-refractivity contribution < 1.29 is 14.2 Å².